The number of nitrogens with zero attached hydrogens (tertiary/aromatic N) is 2. The van der Waals surface area contributed by atoms with E-state index in [1.165, 1.54) is 0 Å². The molecular weight excluding hydrogens is 238 g/mol. The van der Waals surface area contributed by atoms with Crippen molar-refractivity contribution in [2.75, 3.05) is 19.6 Å². The van der Waals surface area contributed by atoms with Crippen LogP contribution in [-0.2, 0) is 0 Å². The van der Waals surface area contributed by atoms with Crippen molar-refractivity contribution in [3.8, 4) is 11.8 Å². The molecule has 2 N–H and O–H groups in total. The quantitative estimate of drug-likeness (QED) is 0.818. The van der Waals surface area contributed by atoms with Gasteiger partial charge in [0.05, 0.1) is 12.1 Å². The molecule has 1 rings (SSSR count). The first-order valence-corrected chi connectivity index (χ1v) is 6.67. The van der Waals surface area contributed by atoms with Crippen LogP contribution >= 0.6 is 0 Å². The molecule has 102 valence electrons. The second-order valence-electron chi connectivity index (χ2n) is 4.20. The maximum absolute atomic E-state index is 12.5. The average molecular weight is 259 g/mol. The van der Waals surface area contributed by atoms with Crippen LogP contribution in [0.2, 0.25) is 0 Å². The lowest BCUT2D eigenvalue weighted by atomic mass is 10.1. The minimum Gasteiger partial charge on any atom is -0.337 e. The van der Waals surface area contributed by atoms with Gasteiger partial charge >= 0.3 is 0 Å². The highest BCUT2D eigenvalue weighted by atomic mass is 16.2. The molecule has 0 saturated carbocycles. The normalized spacial score (nSPS) is 9.63. The van der Waals surface area contributed by atoms with E-state index >= 15 is 0 Å². The Labute approximate surface area is 115 Å². The summed E-state index contributed by atoms with van der Waals surface area (Å²) in [5, 5.41) is 0. The van der Waals surface area contributed by atoms with Crippen LogP contribution in [0.4, 0.5) is 0 Å². The molecule has 0 atom stereocenters. The van der Waals surface area contributed by atoms with Gasteiger partial charge in [0, 0.05) is 19.3 Å². The summed E-state index contributed by atoms with van der Waals surface area (Å²) in [5.74, 6) is 5.63. The van der Waals surface area contributed by atoms with Gasteiger partial charge in [-0.1, -0.05) is 25.7 Å². The lowest BCUT2D eigenvalue weighted by molar-refractivity contribution is 0.0749. The highest BCUT2D eigenvalue weighted by molar-refractivity contribution is 5.94. The number of pyridine rings is 1. The fourth-order valence-corrected chi connectivity index (χ4v) is 1.83. The van der Waals surface area contributed by atoms with Gasteiger partial charge in [0.25, 0.3) is 5.91 Å². The van der Waals surface area contributed by atoms with E-state index in [0.717, 1.165) is 25.9 Å². The highest BCUT2D eigenvalue weighted by Crippen LogP contribution is 2.09. The third-order valence-electron chi connectivity index (χ3n) is 2.61. The summed E-state index contributed by atoms with van der Waals surface area (Å²) in [6.07, 6.45) is 3.49. The number of hydrogen-bond donors (Lipinski definition) is 1. The van der Waals surface area contributed by atoms with Crippen molar-refractivity contribution in [3.63, 3.8) is 0 Å². The summed E-state index contributed by atoms with van der Waals surface area (Å²) in [7, 11) is 0. The van der Waals surface area contributed by atoms with Gasteiger partial charge in [-0.3, -0.25) is 4.79 Å². The lowest BCUT2D eigenvalue weighted by Crippen LogP contribution is -2.33. The molecular formula is C15H21N3O. The number of carbonyl (C=O) groups excluding carboxylic acids is 1. The molecule has 0 unspecified atom stereocenters. The number of nitrogens with two attached hydrogens (primary N) is 1. The molecule has 1 heterocycles. The summed E-state index contributed by atoms with van der Waals surface area (Å²) in [4.78, 5) is 18.5. The predicted octanol–water partition coefficient (Wildman–Crippen LogP) is 1.65. The molecule has 0 fully saturated rings. The molecule has 1 aromatic heterocycles. The summed E-state index contributed by atoms with van der Waals surface area (Å²) < 4.78 is 0. The van der Waals surface area contributed by atoms with Gasteiger partial charge in [-0.25, -0.2) is 4.98 Å². The van der Waals surface area contributed by atoms with Crippen LogP contribution in [-0.4, -0.2) is 35.4 Å². The van der Waals surface area contributed by atoms with Gasteiger partial charge in [0.1, 0.15) is 5.69 Å². The zero-order valence-electron chi connectivity index (χ0n) is 11.6. The Balaban J connectivity index is 3.03. The van der Waals surface area contributed by atoms with Crippen LogP contribution in [0, 0.1) is 11.8 Å². The fourth-order valence-electron chi connectivity index (χ4n) is 1.83. The zero-order valence-corrected chi connectivity index (χ0v) is 11.6. The van der Waals surface area contributed by atoms with Crippen molar-refractivity contribution < 1.29 is 4.79 Å². The van der Waals surface area contributed by atoms with E-state index in [9.17, 15) is 4.79 Å². The Bertz CT molecular complexity index is 468. The largest absolute Gasteiger partial charge is 0.337 e. The monoisotopic (exact) mass is 259 g/mol. The van der Waals surface area contributed by atoms with Crippen molar-refractivity contribution in [1.82, 2.24) is 9.88 Å². The second kappa shape index (κ2) is 8.28. The Hall–Kier alpha value is -1.86. The first-order chi connectivity index (χ1) is 9.24. The van der Waals surface area contributed by atoms with Gasteiger partial charge in [0.2, 0.25) is 0 Å². The average Bonchev–Trinajstić information content (AvgIpc) is 2.44. The molecule has 0 aromatic carbocycles. The standard InChI is InChI=1S/C15H21N3O/c1-3-11-18(12-4-2)15(19)14-13(7-5-9-16)8-6-10-17-14/h6,8,10H,3-4,9,11-12,16H2,1-2H3. The Morgan fingerprint density at radius 2 is 2.05 bits per heavy atom. The number of carbonyl (C=O) groups is 1. The number of amides is 1. The van der Waals surface area contributed by atoms with E-state index in [1.54, 1.807) is 18.3 Å². The minimum atomic E-state index is -0.0504. The van der Waals surface area contributed by atoms with Crippen molar-refractivity contribution in [1.29, 1.82) is 0 Å². The van der Waals surface area contributed by atoms with Gasteiger partial charge in [-0.2, -0.15) is 0 Å². The molecule has 0 aliphatic rings. The fraction of sp³-hybridized carbons (Fsp3) is 0.467. The smallest absolute Gasteiger partial charge is 0.273 e. The van der Waals surface area contributed by atoms with Gasteiger partial charge < -0.3 is 10.6 Å². The van der Waals surface area contributed by atoms with Crippen LogP contribution < -0.4 is 5.73 Å². The van der Waals surface area contributed by atoms with Crippen LogP contribution in [0.3, 0.4) is 0 Å². The van der Waals surface area contributed by atoms with Crippen molar-refractivity contribution in [2.24, 2.45) is 5.73 Å². The van der Waals surface area contributed by atoms with Gasteiger partial charge in [-0.05, 0) is 25.0 Å². The topological polar surface area (TPSA) is 59.2 Å². The van der Waals surface area contributed by atoms with Crippen LogP contribution in [0.15, 0.2) is 18.3 Å². The maximum atomic E-state index is 12.5. The first kappa shape index (κ1) is 15.2. The molecule has 1 amide bonds. The summed E-state index contributed by atoms with van der Waals surface area (Å²) in [6.45, 7) is 5.88. The van der Waals surface area contributed by atoms with E-state index in [4.69, 9.17) is 5.73 Å². The first-order valence-electron chi connectivity index (χ1n) is 6.67. The molecule has 0 aliphatic heterocycles. The molecule has 4 nitrogen and oxygen atoms in total. The third-order valence-corrected chi connectivity index (χ3v) is 2.61. The zero-order chi connectivity index (χ0) is 14.1. The summed E-state index contributed by atoms with van der Waals surface area (Å²) in [5.41, 5.74) is 6.44. The van der Waals surface area contributed by atoms with E-state index in [1.807, 2.05) is 4.90 Å². The Morgan fingerprint density at radius 1 is 1.37 bits per heavy atom. The van der Waals surface area contributed by atoms with Crippen LogP contribution in [0.5, 0.6) is 0 Å². The van der Waals surface area contributed by atoms with E-state index < -0.39 is 0 Å². The van der Waals surface area contributed by atoms with E-state index in [2.05, 4.69) is 30.7 Å². The van der Waals surface area contributed by atoms with Gasteiger partial charge in [-0.15, -0.1) is 0 Å². The molecule has 0 bridgehead atoms. The van der Waals surface area contributed by atoms with E-state index in [-0.39, 0.29) is 12.5 Å². The molecule has 1 aromatic rings. The van der Waals surface area contributed by atoms with Crippen molar-refractivity contribution in [3.05, 3.63) is 29.6 Å². The number of hydrogen-bond acceptors (Lipinski definition) is 3. The third kappa shape index (κ3) is 4.38. The van der Waals surface area contributed by atoms with Crippen LogP contribution in [0.25, 0.3) is 0 Å². The second-order valence-corrected chi connectivity index (χ2v) is 4.20. The molecule has 0 spiro atoms. The van der Waals surface area contributed by atoms with Crippen molar-refractivity contribution >= 4 is 5.91 Å². The highest BCUT2D eigenvalue weighted by Gasteiger charge is 2.18. The lowest BCUT2D eigenvalue weighted by Gasteiger charge is -2.21. The summed E-state index contributed by atoms with van der Waals surface area (Å²) in [6, 6.07) is 3.58. The molecule has 4 heteroatoms. The SMILES string of the molecule is CCCN(CCC)C(=O)c1ncccc1C#CCN. The predicted molar refractivity (Wildman–Crippen MR) is 76.7 cm³/mol. The van der Waals surface area contributed by atoms with Crippen LogP contribution in [0.1, 0.15) is 42.7 Å². The molecule has 0 aliphatic carbocycles. The summed E-state index contributed by atoms with van der Waals surface area (Å²) >= 11 is 0. The Kier molecular flexibility index (Phi) is 6.62. The minimum absolute atomic E-state index is 0.0504. The van der Waals surface area contributed by atoms with E-state index in [0.29, 0.717) is 11.3 Å². The number of rotatable bonds is 5. The number of aromatic nitrogens is 1. The Morgan fingerprint density at radius 3 is 2.63 bits per heavy atom. The van der Waals surface area contributed by atoms with Gasteiger partial charge in [0.15, 0.2) is 0 Å². The molecule has 19 heavy (non-hydrogen) atoms. The molecule has 0 saturated heterocycles. The molecule has 0 radical (unpaired) electrons. The van der Waals surface area contributed by atoms with Crippen molar-refractivity contribution in [2.45, 2.75) is 26.7 Å². The maximum Gasteiger partial charge on any atom is 0.273 e.